The first kappa shape index (κ1) is 16.8. The first-order valence-electron chi connectivity index (χ1n) is 8.61. The number of aliphatic hydroxyl groups is 1. The predicted octanol–water partition coefficient (Wildman–Crippen LogP) is 2.11. The zero-order chi connectivity index (χ0) is 16.8. The summed E-state index contributed by atoms with van der Waals surface area (Å²) in [4.78, 5) is 15.6. The van der Waals surface area contributed by atoms with E-state index >= 15 is 0 Å². The highest BCUT2D eigenvalue weighted by atomic mass is 16.3. The standard InChI is InChI=1S/C18H25N5O/c1-14-11-17(22-18(21-14)15-5-4-7-19-12-15)20-8-10-23-9-3-2-6-16(23)13-24/h4-5,7,11-12,16,24H,2-3,6,8-10,13H2,1H3,(H,20,21,22). The normalized spacial score (nSPS) is 18.5. The number of hydrogen-bond acceptors (Lipinski definition) is 6. The summed E-state index contributed by atoms with van der Waals surface area (Å²) in [5.74, 6) is 1.52. The third kappa shape index (κ3) is 4.27. The number of likely N-dealkylation sites (tertiary alicyclic amines) is 1. The number of pyridine rings is 1. The summed E-state index contributed by atoms with van der Waals surface area (Å²) in [6, 6.07) is 6.11. The van der Waals surface area contributed by atoms with Crippen molar-refractivity contribution in [2.75, 3.05) is 31.6 Å². The molecular formula is C18H25N5O. The van der Waals surface area contributed by atoms with E-state index in [4.69, 9.17) is 0 Å². The summed E-state index contributed by atoms with van der Waals surface area (Å²) in [7, 11) is 0. The van der Waals surface area contributed by atoms with Crippen molar-refractivity contribution >= 4 is 5.82 Å². The van der Waals surface area contributed by atoms with Crippen LogP contribution in [0.25, 0.3) is 11.4 Å². The number of aromatic nitrogens is 3. The molecule has 0 bridgehead atoms. The Morgan fingerprint density at radius 1 is 1.33 bits per heavy atom. The topological polar surface area (TPSA) is 74.2 Å². The smallest absolute Gasteiger partial charge is 0.163 e. The molecule has 0 amide bonds. The molecule has 24 heavy (non-hydrogen) atoms. The van der Waals surface area contributed by atoms with Gasteiger partial charge in [-0.05, 0) is 38.4 Å². The number of aliphatic hydroxyl groups excluding tert-OH is 1. The van der Waals surface area contributed by atoms with Crippen molar-refractivity contribution in [3.05, 3.63) is 36.3 Å². The average molecular weight is 327 g/mol. The molecule has 3 rings (SSSR count). The Kier molecular flexibility index (Phi) is 5.72. The Morgan fingerprint density at radius 2 is 2.25 bits per heavy atom. The lowest BCUT2D eigenvalue weighted by molar-refractivity contribution is 0.0940. The van der Waals surface area contributed by atoms with E-state index in [2.05, 4.69) is 25.2 Å². The van der Waals surface area contributed by atoms with Crippen molar-refractivity contribution in [1.82, 2.24) is 19.9 Å². The van der Waals surface area contributed by atoms with E-state index in [0.29, 0.717) is 11.9 Å². The van der Waals surface area contributed by atoms with E-state index < -0.39 is 0 Å². The van der Waals surface area contributed by atoms with Gasteiger partial charge in [0.05, 0.1) is 6.61 Å². The van der Waals surface area contributed by atoms with Crippen molar-refractivity contribution in [3.8, 4) is 11.4 Å². The van der Waals surface area contributed by atoms with Gasteiger partial charge >= 0.3 is 0 Å². The van der Waals surface area contributed by atoms with Crippen LogP contribution in [0.15, 0.2) is 30.6 Å². The molecule has 128 valence electrons. The minimum absolute atomic E-state index is 0.248. The minimum Gasteiger partial charge on any atom is -0.395 e. The molecule has 1 aliphatic rings. The summed E-state index contributed by atoms with van der Waals surface area (Å²) < 4.78 is 0. The lowest BCUT2D eigenvalue weighted by Gasteiger charge is -2.34. The predicted molar refractivity (Wildman–Crippen MR) is 94.8 cm³/mol. The van der Waals surface area contributed by atoms with Gasteiger partial charge in [0.15, 0.2) is 5.82 Å². The molecule has 2 aromatic rings. The largest absolute Gasteiger partial charge is 0.395 e. The fourth-order valence-electron chi connectivity index (χ4n) is 3.17. The van der Waals surface area contributed by atoms with Gasteiger partial charge in [-0.3, -0.25) is 9.88 Å². The molecule has 0 spiro atoms. The van der Waals surface area contributed by atoms with Crippen LogP contribution in [0.2, 0.25) is 0 Å². The zero-order valence-corrected chi connectivity index (χ0v) is 14.1. The summed E-state index contributed by atoms with van der Waals surface area (Å²) >= 11 is 0. The molecule has 0 aliphatic carbocycles. The summed E-state index contributed by atoms with van der Waals surface area (Å²) in [5, 5.41) is 12.9. The highest BCUT2D eigenvalue weighted by molar-refractivity contribution is 5.56. The second-order valence-electron chi connectivity index (χ2n) is 6.25. The molecule has 3 heterocycles. The fourth-order valence-corrected chi connectivity index (χ4v) is 3.17. The van der Waals surface area contributed by atoms with Crippen LogP contribution in [0, 0.1) is 6.92 Å². The monoisotopic (exact) mass is 327 g/mol. The van der Waals surface area contributed by atoms with E-state index in [9.17, 15) is 5.11 Å². The van der Waals surface area contributed by atoms with Gasteiger partial charge in [0.2, 0.25) is 0 Å². The van der Waals surface area contributed by atoms with Gasteiger partial charge in [0, 0.05) is 48.8 Å². The SMILES string of the molecule is Cc1cc(NCCN2CCCCC2CO)nc(-c2cccnc2)n1. The van der Waals surface area contributed by atoms with E-state index in [1.165, 1.54) is 12.8 Å². The maximum absolute atomic E-state index is 9.49. The van der Waals surface area contributed by atoms with Crippen molar-refractivity contribution in [3.63, 3.8) is 0 Å². The Bertz CT molecular complexity index is 649. The Hall–Kier alpha value is -2.05. The first-order valence-corrected chi connectivity index (χ1v) is 8.61. The maximum atomic E-state index is 9.49. The van der Waals surface area contributed by atoms with Gasteiger partial charge in [0.1, 0.15) is 5.82 Å². The van der Waals surface area contributed by atoms with Gasteiger partial charge in [-0.15, -0.1) is 0 Å². The second-order valence-corrected chi connectivity index (χ2v) is 6.25. The molecule has 1 atom stereocenters. The number of hydrogen-bond donors (Lipinski definition) is 2. The van der Waals surface area contributed by atoms with Crippen LogP contribution in [0.1, 0.15) is 25.0 Å². The van der Waals surface area contributed by atoms with Gasteiger partial charge in [-0.25, -0.2) is 9.97 Å². The van der Waals surface area contributed by atoms with E-state index in [0.717, 1.165) is 43.1 Å². The molecule has 0 radical (unpaired) electrons. The molecule has 1 fully saturated rings. The summed E-state index contributed by atoms with van der Waals surface area (Å²) in [6.45, 7) is 5.00. The second kappa shape index (κ2) is 8.17. The summed E-state index contributed by atoms with van der Waals surface area (Å²) in [5.41, 5.74) is 1.85. The van der Waals surface area contributed by atoms with Gasteiger partial charge in [-0.1, -0.05) is 6.42 Å². The van der Waals surface area contributed by atoms with E-state index in [-0.39, 0.29) is 6.61 Å². The van der Waals surface area contributed by atoms with E-state index in [1.807, 2.05) is 25.1 Å². The number of aryl methyl sites for hydroxylation is 1. The molecule has 6 heteroatoms. The van der Waals surface area contributed by atoms with Gasteiger partial charge in [-0.2, -0.15) is 0 Å². The van der Waals surface area contributed by atoms with Gasteiger partial charge in [0.25, 0.3) is 0 Å². The number of nitrogens with zero attached hydrogens (tertiary/aromatic N) is 4. The number of piperidine rings is 1. The Morgan fingerprint density at radius 3 is 3.04 bits per heavy atom. The van der Waals surface area contributed by atoms with Crippen LogP contribution in [0.3, 0.4) is 0 Å². The third-order valence-corrected chi connectivity index (χ3v) is 4.44. The molecule has 1 saturated heterocycles. The Labute approximate surface area is 143 Å². The molecule has 1 aliphatic heterocycles. The fraction of sp³-hybridized carbons (Fsp3) is 0.500. The molecule has 2 aromatic heterocycles. The first-order chi connectivity index (χ1) is 11.8. The lowest BCUT2D eigenvalue weighted by Crippen LogP contribution is -2.44. The van der Waals surface area contributed by atoms with Gasteiger partial charge < -0.3 is 10.4 Å². The highest BCUT2D eigenvalue weighted by Gasteiger charge is 2.20. The molecule has 0 aromatic carbocycles. The number of anilines is 1. The molecule has 6 nitrogen and oxygen atoms in total. The van der Waals surface area contributed by atoms with Crippen LogP contribution < -0.4 is 5.32 Å². The quantitative estimate of drug-likeness (QED) is 0.846. The van der Waals surface area contributed by atoms with Crippen molar-refractivity contribution < 1.29 is 5.11 Å². The Balaban J connectivity index is 1.62. The number of rotatable bonds is 6. The zero-order valence-electron chi connectivity index (χ0n) is 14.1. The minimum atomic E-state index is 0.248. The van der Waals surface area contributed by atoms with Crippen LogP contribution in [-0.4, -0.2) is 57.2 Å². The van der Waals surface area contributed by atoms with Crippen molar-refractivity contribution in [2.24, 2.45) is 0 Å². The van der Waals surface area contributed by atoms with Crippen LogP contribution in [-0.2, 0) is 0 Å². The van der Waals surface area contributed by atoms with Crippen LogP contribution in [0.4, 0.5) is 5.82 Å². The molecular weight excluding hydrogens is 302 g/mol. The summed E-state index contributed by atoms with van der Waals surface area (Å²) in [6.07, 6.45) is 7.05. The third-order valence-electron chi connectivity index (χ3n) is 4.44. The van der Waals surface area contributed by atoms with Crippen LogP contribution >= 0.6 is 0 Å². The number of nitrogens with one attached hydrogen (secondary N) is 1. The van der Waals surface area contributed by atoms with Crippen molar-refractivity contribution in [1.29, 1.82) is 0 Å². The maximum Gasteiger partial charge on any atom is 0.163 e. The lowest BCUT2D eigenvalue weighted by atomic mass is 10.0. The highest BCUT2D eigenvalue weighted by Crippen LogP contribution is 2.18. The molecule has 0 saturated carbocycles. The van der Waals surface area contributed by atoms with Crippen LogP contribution in [0.5, 0.6) is 0 Å². The molecule has 2 N–H and O–H groups in total. The average Bonchev–Trinajstić information content (AvgIpc) is 2.62. The molecule has 1 unspecified atom stereocenters. The van der Waals surface area contributed by atoms with E-state index in [1.54, 1.807) is 12.4 Å². The van der Waals surface area contributed by atoms with Crippen molar-refractivity contribution in [2.45, 2.75) is 32.2 Å².